The highest BCUT2D eigenvalue weighted by Crippen LogP contribution is 2.40. The maximum Gasteiger partial charge on any atom is 0.465 e. The Hall–Kier alpha value is -0.840. The lowest BCUT2D eigenvalue weighted by molar-refractivity contribution is -0.300. The summed E-state index contributed by atoms with van der Waals surface area (Å²) in [5.41, 5.74) is 0. The molecule has 0 aromatic rings. The standard InChI is InChI=1S/C10H14F2O7S/c11-10(12,20(14,15)16)8(13)19-7-3-1-4-9(7)17-5-2-6-18-9/h7H,1-6H2,(H,14,15,16). The zero-order valence-electron chi connectivity index (χ0n) is 10.4. The Morgan fingerprint density at radius 1 is 1.30 bits per heavy atom. The molecule has 116 valence electrons. The molecule has 1 N–H and O–H groups in total. The quantitative estimate of drug-likeness (QED) is 0.604. The lowest BCUT2D eigenvalue weighted by atomic mass is 10.1. The van der Waals surface area contributed by atoms with E-state index in [1.54, 1.807) is 0 Å². The first-order chi connectivity index (χ1) is 9.19. The van der Waals surface area contributed by atoms with Crippen molar-refractivity contribution < 1.29 is 40.8 Å². The first kappa shape index (κ1) is 15.5. The van der Waals surface area contributed by atoms with Gasteiger partial charge in [0, 0.05) is 6.42 Å². The van der Waals surface area contributed by atoms with Gasteiger partial charge in [0.1, 0.15) is 0 Å². The van der Waals surface area contributed by atoms with Gasteiger partial charge in [0.2, 0.25) is 5.79 Å². The number of rotatable bonds is 3. The fourth-order valence-electron chi connectivity index (χ4n) is 2.29. The van der Waals surface area contributed by atoms with E-state index in [2.05, 4.69) is 4.74 Å². The maximum atomic E-state index is 13.1. The minimum atomic E-state index is -5.88. The lowest BCUT2D eigenvalue weighted by Gasteiger charge is -2.38. The van der Waals surface area contributed by atoms with Crippen LogP contribution >= 0.6 is 0 Å². The minimum absolute atomic E-state index is 0.216. The highest BCUT2D eigenvalue weighted by Gasteiger charge is 2.57. The molecular weight excluding hydrogens is 302 g/mol. The van der Waals surface area contributed by atoms with Crippen LogP contribution in [0.1, 0.15) is 25.7 Å². The normalized spacial score (nSPS) is 26.6. The van der Waals surface area contributed by atoms with E-state index >= 15 is 0 Å². The summed E-state index contributed by atoms with van der Waals surface area (Å²) in [5, 5.41) is -5.01. The Morgan fingerprint density at radius 2 is 1.90 bits per heavy atom. The first-order valence-electron chi connectivity index (χ1n) is 6.03. The molecule has 2 fully saturated rings. The van der Waals surface area contributed by atoms with Crippen LogP contribution in [0.2, 0.25) is 0 Å². The number of hydrogen-bond donors (Lipinski definition) is 1. The van der Waals surface area contributed by atoms with E-state index in [4.69, 9.17) is 14.0 Å². The molecule has 0 radical (unpaired) electrons. The molecule has 1 unspecified atom stereocenters. The van der Waals surface area contributed by atoms with E-state index < -0.39 is 33.2 Å². The van der Waals surface area contributed by atoms with E-state index in [1.807, 2.05) is 0 Å². The van der Waals surface area contributed by atoms with Gasteiger partial charge in [-0.25, -0.2) is 4.79 Å². The van der Waals surface area contributed by atoms with Gasteiger partial charge in [0.05, 0.1) is 13.2 Å². The van der Waals surface area contributed by atoms with Crippen LogP contribution in [-0.2, 0) is 29.1 Å². The number of ether oxygens (including phenoxy) is 3. The Morgan fingerprint density at radius 3 is 2.45 bits per heavy atom. The summed E-state index contributed by atoms with van der Waals surface area (Å²) in [6, 6.07) is 0. The van der Waals surface area contributed by atoms with Crippen LogP contribution in [0.4, 0.5) is 8.78 Å². The molecule has 0 amide bonds. The molecular formula is C10H14F2O7S. The number of carbonyl (C=O) groups excluding carboxylic acids is 1. The number of carbonyl (C=O) groups is 1. The average molecular weight is 316 g/mol. The molecule has 1 saturated carbocycles. The molecule has 10 heteroatoms. The second-order valence-electron chi connectivity index (χ2n) is 4.64. The molecule has 1 atom stereocenters. The van der Waals surface area contributed by atoms with Crippen LogP contribution in [0, 0.1) is 0 Å². The van der Waals surface area contributed by atoms with Gasteiger partial charge in [-0.05, 0) is 19.3 Å². The summed E-state index contributed by atoms with van der Waals surface area (Å²) >= 11 is 0. The molecule has 1 aliphatic carbocycles. The molecule has 7 nitrogen and oxygen atoms in total. The molecule has 1 spiro atoms. The maximum absolute atomic E-state index is 13.1. The van der Waals surface area contributed by atoms with Crippen LogP contribution in [0.3, 0.4) is 0 Å². The van der Waals surface area contributed by atoms with Crippen molar-refractivity contribution in [3.8, 4) is 0 Å². The predicted octanol–water partition coefficient (Wildman–Crippen LogP) is 0.696. The molecule has 20 heavy (non-hydrogen) atoms. The smallest absolute Gasteiger partial charge is 0.451 e. The second-order valence-corrected chi connectivity index (χ2v) is 6.10. The van der Waals surface area contributed by atoms with Gasteiger partial charge in [-0.3, -0.25) is 4.55 Å². The highest BCUT2D eigenvalue weighted by molar-refractivity contribution is 7.87. The van der Waals surface area contributed by atoms with Gasteiger partial charge in [-0.1, -0.05) is 0 Å². The Bertz CT molecular complexity index is 484. The molecule has 1 aliphatic heterocycles. The largest absolute Gasteiger partial charge is 0.465 e. The van der Waals surface area contributed by atoms with Gasteiger partial charge < -0.3 is 14.2 Å². The molecule has 0 aromatic heterocycles. The van der Waals surface area contributed by atoms with Gasteiger partial charge in [-0.15, -0.1) is 0 Å². The summed E-state index contributed by atoms with van der Waals surface area (Å²) in [6.45, 7) is 0.672. The molecule has 0 bridgehead atoms. The zero-order valence-corrected chi connectivity index (χ0v) is 11.2. The van der Waals surface area contributed by atoms with E-state index in [1.165, 1.54) is 0 Å². The molecule has 2 rings (SSSR count). The topological polar surface area (TPSA) is 99.1 Å². The third kappa shape index (κ3) is 2.65. The minimum Gasteiger partial charge on any atom is -0.451 e. The first-order valence-corrected chi connectivity index (χ1v) is 7.47. The predicted molar refractivity (Wildman–Crippen MR) is 59.5 cm³/mol. The van der Waals surface area contributed by atoms with Crippen molar-refractivity contribution in [1.82, 2.24) is 0 Å². The Kier molecular flexibility index (Phi) is 4.02. The van der Waals surface area contributed by atoms with Gasteiger partial charge in [0.25, 0.3) is 0 Å². The number of esters is 1. The van der Waals surface area contributed by atoms with E-state index in [-0.39, 0.29) is 6.42 Å². The summed E-state index contributed by atoms with van der Waals surface area (Å²) in [7, 11) is -5.88. The fraction of sp³-hybridized carbons (Fsp3) is 0.900. The van der Waals surface area contributed by atoms with Gasteiger partial charge in [-0.2, -0.15) is 17.2 Å². The average Bonchev–Trinajstić information content (AvgIpc) is 2.71. The van der Waals surface area contributed by atoms with Crippen LogP contribution in [-0.4, -0.2) is 49.3 Å². The Balaban J connectivity index is 2.11. The van der Waals surface area contributed by atoms with Crippen molar-refractivity contribution in [3.05, 3.63) is 0 Å². The van der Waals surface area contributed by atoms with E-state index in [0.29, 0.717) is 32.5 Å². The fourth-order valence-corrected chi connectivity index (χ4v) is 2.55. The monoisotopic (exact) mass is 316 g/mol. The second kappa shape index (κ2) is 5.17. The highest BCUT2D eigenvalue weighted by atomic mass is 32.2. The summed E-state index contributed by atoms with van der Waals surface area (Å²) in [6.07, 6.45) is 0.609. The van der Waals surface area contributed by atoms with Gasteiger partial charge in [0.15, 0.2) is 6.10 Å². The van der Waals surface area contributed by atoms with Crippen LogP contribution < -0.4 is 0 Å². The summed E-state index contributed by atoms with van der Waals surface area (Å²) < 4.78 is 70.9. The van der Waals surface area contributed by atoms with Gasteiger partial charge >= 0.3 is 21.3 Å². The third-order valence-electron chi connectivity index (χ3n) is 3.27. The van der Waals surface area contributed by atoms with Crippen LogP contribution in [0.5, 0.6) is 0 Å². The Labute approximate surface area is 113 Å². The molecule has 1 saturated heterocycles. The molecule has 0 aromatic carbocycles. The van der Waals surface area contributed by atoms with E-state index in [0.717, 1.165) is 0 Å². The third-order valence-corrected chi connectivity index (χ3v) is 4.09. The summed E-state index contributed by atoms with van der Waals surface area (Å²) in [4.78, 5) is 11.3. The molecule has 2 aliphatic rings. The van der Waals surface area contributed by atoms with Crippen molar-refractivity contribution in [2.24, 2.45) is 0 Å². The van der Waals surface area contributed by atoms with Crippen molar-refractivity contribution in [3.63, 3.8) is 0 Å². The van der Waals surface area contributed by atoms with Crippen molar-refractivity contribution in [1.29, 1.82) is 0 Å². The van der Waals surface area contributed by atoms with Crippen molar-refractivity contribution in [2.45, 2.75) is 42.8 Å². The van der Waals surface area contributed by atoms with Crippen LogP contribution in [0.25, 0.3) is 0 Å². The van der Waals surface area contributed by atoms with Crippen LogP contribution in [0.15, 0.2) is 0 Å². The van der Waals surface area contributed by atoms with Crippen molar-refractivity contribution in [2.75, 3.05) is 13.2 Å². The number of alkyl halides is 2. The zero-order chi connectivity index (χ0) is 15.0. The molecule has 1 heterocycles. The number of halogens is 2. The SMILES string of the molecule is O=C(OC1CCCC12OCCCO2)C(F)(F)S(=O)(=O)O. The summed E-state index contributed by atoms with van der Waals surface area (Å²) in [5.74, 6) is -3.62. The number of hydrogen-bond acceptors (Lipinski definition) is 6. The lowest BCUT2D eigenvalue weighted by Crippen LogP contribution is -2.51. The van der Waals surface area contributed by atoms with Crippen molar-refractivity contribution >= 4 is 16.1 Å². The van der Waals surface area contributed by atoms with E-state index in [9.17, 15) is 22.0 Å².